The first kappa shape index (κ1) is 18.9. The normalized spacial score (nSPS) is 11.8. The minimum absolute atomic E-state index is 0.278. The molecule has 2 aromatic carbocycles. The summed E-state index contributed by atoms with van der Waals surface area (Å²) in [7, 11) is 3.36. The number of aromatic nitrogens is 1. The lowest BCUT2D eigenvalue weighted by atomic mass is 10.0. The van der Waals surface area contributed by atoms with Crippen LogP contribution in [0.4, 0.5) is 0 Å². The third-order valence-electron chi connectivity index (χ3n) is 4.76. The van der Waals surface area contributed by atoms with Gasteiger partial charge >= 0.3 is 0 Å². The average Bonchev–Trinajstić information content (AvgIpc) is 2.74. The van der Waals surface area contributed by atoms with Crippen molar-refractivity contribution >= 4 is 0 Å². The topological polar surface area (TPSA) is 43.4 Å². The van der Waals surface area contributed by atoms with Crippen molar-refractivity contribution in [1.82, 2.24) is 10.3 Å². The van der Waals surface area contributed by atoms with E-state index in [0.717, 1.165) is 24.5 Å². The van der Waals surface area contributed by atoms with Crippen molar-refractivity contribution in [2.45, 2.75) is 19.4 Å². The number of hydrogen-bond acceptors (Lipinski definition) is 4. The Morgan fingerprint density at radius 1 is 0.889 bits per heavy atom. The SMILES string of the molecule is COc1ccc(CCNC(C)c2ccc(-c3ccncc3)cc2)c(OC)c1. The van der Waals surface area contributed by atoms with E-state index in [1.165, 1.54) is 22.3 Å². The van der Waals surface area contributed by atoms with E-state index < -0.39 is 0 Å². The molecule has 1 heterocycles. The number of nitrogens with one attached hydrogen (secondary N) is 1. The van der Waals surface area contributed by atoms with Crippen LogP contribution in [0.3, 0.4) is 0 Å². The zero-order valence-corrected chi connectivity index (χ0v) is 16.1. The predicted octanol–water partition coefficient (Wildman–Crippen LogP) is 4.66. The molecule has 0 aliphatic rings. The van der Waals surface area contributed by atoms with Crippen molar-refractivity contribution in [2.75, 3.05) is 20.8 Å². The largest absolute Gasteiger partial charge is 0.497 e. The van der Waals surface area contributed by atoms with Crippen molar-refractivity contribution in [1.29, 1.82) is 0 Å². The number of benzene rings is 2. The van der Waals surface area contributed by atoms with Crippen LogP contribution in [0.5, 0.6) is 11.5 Å². The molecule has 0 spiro atoms. The molecule has 1 atom stereocenters. The number of rotatable bonds is 8. The summed E-state index contributed by atoms with van der Waals surface area (Å²) in [5.74, 6) is 1.68. The van der Waals surface area contributed by atoms with Crippen molar-refractivity contribution in [2.24, 2.45) is 0 Å². The highest BCUT2D eigenvalue weighted by Gasteiger charge is 2.08. The summed E-state index contributed by atoms with van der Waals surface area (Å²) >= 11 is 0. The molecule has 27 heavy (non-hydrogen) atoms. The van der Waals surface area contributed by atoms with E-state index in [2.05, 4.69) is 47.6 Å². The molecule has 0 radical (unpaired) electrons. The first-order chi connectivity index (χ1) is 13.2. The van der Waals surface area contributed by atoms with Gasteiger partial charge in [-0.1, -0.05) is 30.3 Å². The lowest BCUT2D eigenvalue weighted by Crippen LogP contribution is -2.21. The van der Waals surface area contributed by atoms with Gasteiger partial charge in [0.2, 0.25) is 0 Å². The van der Waals surface area contributed by atoms with Crippen LogP contribution in [0.15, 0.2) is 67.0 Å². The maximum Gasteiger partial charge on any atom is 0.125 e. The molecule has 0 saturated heterocycles. The van der Waals surface area contributed by atoms with Gasteiger partial charge in [-0.15, -0.1) is 0 Å². The fraction of sp³-hybridized carbons (Fsp3) is 0.261. The Kier molecular flexibility index (Phi) is 6.44. The fourth-order valence-electron chi connectivity index (χ4n) is 3.11. The fourth-order valence-corrected chi connectivity index (χ4v) is 3.11. The van der Waals surface area contributed by atoms with Crippen LogP contribution in [0.25, 0.3) is 11.1 Å². The molecule has 0 saturated carbocycles. The third-order valence-corrected chi connectivity index (χ3v) is 4.76. The van der Waals surface area contributed by atoms with E-state index in [-0.39, 0.29) is 6.04 Å². The molecule has 140 valence electrons. The summed E-state index contributed by atoms with van der Waals surface area (Å²) in [6.07, 6.45) is 4.54. The van der Waals surface area contributed by atoms with Gasteiger partial charge in [-0.05, 0) is 60.3 Å². The molecule has 0 aliphatic carbocycles. The lowest BCUT2D eigenvalue weighted by Gasteiger charge is -2.16. The second kappa shape index (κ2) is 9.19. The number of methoxy groups -OCH3 is 2. The molecule has 3 aromatic rings. The van der Waals surface area contributed by atoms with E-state index >= 15 is 0 Å². The zero-order chi connectivity index (χ0) is 19.1. The Morgan fingerprint density at radius 3 is 2.26 bits per heavy atom. The molecule has 3 rings (SSSR count). The van der Waals surface area contributed by atoms with Gasteiger partial charge in [0.15, 0.2) is 0 Å². The number of ether oxygens (including phenoxy) is 2. The van der Waals surface area contributed by atoms with Gasteiger partial charge in [-0.25, -0.2) is 0 Å². The second-order valence-corrected chi connectivity index (χ2v) is 6.46. The molecule has 1 aromatic heterocycles. The van der Waals surface area contributed by atoms with Crippen molar-refractivity contribution in [3.8, 4) is 22.6 Å². The average molecular weight is 362 g/mol. The molecule has 0 bridgehead atoms. The van der Waals surface area contributed by atoms with Gasteiger partial charge in [0.1, 0.15) is 11.5 Å². The number of nitrogens with zero attached hydrogens (tertiary/aromatic N) is 1. The quantitative estimate of drug-likeness (QED) is 0.633. The van der Waals surface area contributed by atoms with Crippen LogP contribution in [0, 0.1) is 0 Å². The van der Waals surface area contributed by atoms with Crippen molar-refractivity contribution in [3.63, 3.8) is 0 Å². The molecule has 0 fully saturated rings. The molecule has 1 N–H and O–H groups in total. The molecule has 0 amide bonds. The highest BCUT2D eigenvalue weighted by molar-refractivity contribution is 5.62. The summed E-state index contributed by atoms with van der Waals surface area (Å²) in [6.45, 7) is 3.06. The molecule has 4 heteroatoms. The van der Waals surface area contributed by atoms with E-state index in [9.17, 15) is 0 Å². The van der Waals surface area contributed by atoms with Gasteiger partial charge < -0.3 is 14.8 Å². The second-order valence-electron chi connectivity index (χ2n) is 6.46. The van der Waals surface area contributed by atoms with Crippen LogP contribution in [-0.2, 0) is 6.42 Å². The Hall–Kier alpha value is -2.85. The lowest BCUT2D eigenvalue weighted by molar-refractivity contribution is 0.390. The molecule has 1 unspecified atom stereocenters. The van der Waals surface area contributed by atoms with Gasteiger partial charge in [0.05, 0.1) is 14.2 Å². The third kappa shape index (κ3) is 4.86. The van der Waals surface area contributed by atoms with Gasteiger partial charge in [-0.3, -0.25) is 4.98 Å². The van der Waals surface area contributed by atoms with Crippen molar-refractivity contribution in [3.05, 3.63) is 78.1 Å². The van der Waals surface area contributed by atoms with E-state index in [0.29, 0.717) is 0 Å². The van der Waals surface area contributed by atoms with Crippen LogP contribution < -0.4 is 14.8 Å². The Morgan fingerprint density at radius 2 is 1.59 bits per heavy atom. The molecule has 4 nitrogen and oxygen atoms in total. The summed E-state index contributed by atoms with van der Waals surface area (Å²) in [4.78, 5) is 4.07. The minimum Gasteiger partial charge on any atom is -0.497 e. The van der Waals surface area contributed by atoms with E-state index in [1.54, 1.807) is 14.2 Å². The van der Waals surface area contributed by atoms with E-state index in [4.69, 9.17) is 9.47 Å². The van der Waals surface area contributed by atoms with Crippen LogP contribution >= 0.6 is 0 Å². The van der Waals surface area contributed by atoms with Crippen LogP contribution in [-0.4, -0.2) is 25.7 Å². The summed E-state index contributed by atoms with van der Waals surface area (Å²) in [5, 5.41) is 3.59. The summed E-state index contributed by atoms with van der Waals surface area (Å²) in [5.41, 5.74) is 4.83. The zero-order valence-electron chi connectivity index (χ0n) is 16.1. The van der Waals surface area contributed by atoms with E-state index in [1.807, 2.05) is 36.7 Å². The minimum atomic E-state index is 0.278. The Labute approximate surface area is 161 Å². The van der Waals surface area contributed by atoms with Gasteiger partial charge in [-0.2, -0.15) is 0 Å². The standard InChI is InChI=1S/C23H26N2O2/c1-17(18-4-6-19(7-5-18)20-10-13-24-14-11-20)25-15-12-21-8-9-22(26-2)16-23(21)27-3/h4-11,13-14,16-17,25H,12,15H2,1-3H3. The van der Waals surface area contributed by atoms with Gasteiger partial charge in [0, 0.05) is 24.5 Å². The molecular formula is C23H26N2O2. The monoisotopic (exact) mass is 362 g/mol. The molecular weight excluding hydrogens is 336 g/mol. The summed E-state index contributed by atoms with van der Waals surface area (Å²) < 4.78 is 10.7. The first-order valence-electron chi connectivity index (χ1n) is 9.16. The van der Waals surface area contributed by atoms with Crippen molar-refractivity contribution < 1.29 is 9.47 Å². The highest BCUT2D eigenvalue weighted by Crippen LogP contribution is 2.25. The smallest absolute Gasteiger partial charge is 0.125 e. The Bertz CT molecular complexity index is 848. The first-order valence-corrected chi connectivity index (χ1v) is 9.16. The Balaban J connectivity index is 1.57. The predicted molar refractivity (Wildman–Crippen MR) is 109 cm³/mol. The van der Waals surface area contributed by atoms with Crippen LogP contribution in [0.1, 0.15) is 24.1 Å². The number of pyridine rings is 1. The summed E-state index contributed by atoms with van der Waals surface area (Å²) in [6, 6.07) is 19.0. The molecule has 0 aliphatic heterocycles. The number of hydrogen-bond donors (Lipinski definition) is 1. The maximum atomic E-state index is 5.47. The van der Waals surface area contributed by atoms with Crippen LogP contribution in [0.2, 0.25) is 0 Å². The van der Waals surface area contributed by atoms with Gasteiger partial charge in [0.25, 0.3) is 0 Å². The highest BCUT2D eigenvalue weighted by atomic mass is 16.5. The maximum absolute atomic E-state index is 5.47.